The summed E-state index contributed by atoms with van der Waals surface area (Å²) < 4.78 is 10.8. The number of hydrogen-bond acceptors (Lipinski definition) is 3. The minimum absolute atomic E-state index is 0.200. The monoisotopic (exact) mass is 469 g/mol. The van der Waals surface area contributed by atoms with Crippen LogP contribution in [0.15, 0.2) is 121 Å². The zero-order valence-electron chi connectivity index (χ0n) is 20.4. The Bertz CT molecular complexity index is 1440. The van der Waals surface area contributed by atoms with Crippen molar-refractivity contribution in [3.8, 4) is 22.6 Å². The van der Waals surface area contributed by atoms with Gasteiger partial charge in [-0.05, 0) is 88.5 Å². The first kappa shape index (κ1) is 22.0. The highest BCUT2D eigenvalue weighted by atomic mass is 16.5. The molecule has 1 aliphatic rings. The summed E-state index contributed by atoms with van der Waals surface area (Å²) >= 11 is 0. The van der Waals surface area contributed by atoms with E-state index in [1.54, 1.807) is 14.2 Å². The smallest absolute Gasteiger partial charge is 0.119 e. The maximum absolute atomic E-state index is 5.41. The van der Waals surface area contributed by atoms with Crippen LogP contribution in [0.5, 0.6) is 11.5 Å². The lowest BCUT2D eigenvalue weighted by molar-refractivity contribution is 0.415. The number of rotatable bonds is 6. The van der Waals surface area contributed by atoms with Crippen LogP contribution in [0.2, 0.25) is 0 Å². The number of anilines is 3. The van der Waals surface area contributed by atoms with Gasteiger partial charge in [0, 0.05) is 23.0 Å². The molecule has 0 saturated heterocycles. The maximum Gasteiger partial charge on any atom is 0.119 e. The minimum atomic E-state index is 0.200. The molecule has 1 unspecified atom stereocenters. The summed E-state index contributed by atoms with van der Waals surface area (Å²) in [5, 5.41) is 0. The van der Waals surface area contributed by atoms with Crippen molar-refractivity contribution in [2.24, 2.45) is 0 Å². The van der Waals surface area contributed by atoms with Crippen molar-refractivity contribution in [3.63, 3.8) is 0 Å². The Morgan fingerprint density at radius 2 is 1.03 bits per heavy atom. The van der Waals surface area contributed by atoms with Crippen LogP contribution >= 0.6 is 0 Å². The molecule has 1 atom stereocenters. The molecule has 0 bridgehead atoms. The van der Waals surface area contributed by atoms with Gasteiger partial charge in [0.1, 0.15) is 11.5 Å². The molecule has 6 rings (SSSR count). The summed E-state index contributed by atoms with van der Waals surface area (Å²) in [6.45, 7) is 0. The van der Waals surface area contributed by atoms with E-state index < -0.39 is 0 Å². The molecule has 0 radical (unpaired) electrons. The molecule has 0 aromatic heterocycles. The van der Waals surface area contributed by atoms with Crippen LogP contribution in [-0.2, 0) is 0 Å². The third-order valence-corrected chi connectivity index (χ3v) is 6.96. The van der Waals surface area contributed by atoms with Crippen molar-refractivity contribution < 1.29 is 9.47 Å². The van der Waals surface area contributed by atoms with Crippen molar-refractivity contribution >= 4 is 17.1 Å². The molecule has 3 heteroatoms. The number of hydrogen-bond donors (Lipinski definition) is 0. The van der Waals surface area contributed by atoms with Gasteiger partial charge in [0.2, 0.25) is 0 Å². The highest BCUT2D eigenvalue weighted by Crippen LogP contribution is 2.50. The number of ether oxygens (including phenoxy) is 2. The van der Waals surface area contributed by atoms with Crippen molar-refractivity contribution in [3.05, 3.63) is 138 Å². The lowest BCUT2D eigenvalue weighted by Crippen LogP contribution is -2.10. The van der Waals surface area contributed by atoms with Gasteiger partial charge in [-0.1, -0.05) is 60.7 Å². The molecular weight excluding hydrogens is 442 g/mol. The summed E-state index contributed by atoms with van der Waals surface area (Å²) in [6.07, 6.45) is 0. The predicted molar refractivity (Wildman–Crippen MR) is 147 cm³/mol. The summed E-state index contributed by atoms with van der Waals surface area (Å²) in [4.78, 5) is 2.28. The summed E-state index contributed by atoms with van der Waals surface area (Å²) in [6, 6.07) is 42.8. The molecule has 3 nitrogen and oxygen atoms in total. The van der Waals surface area contributed by atoms with Crippen LogP contribution in [-0.4, -0.2) is 14.2 Å². The molecule has 0 fully saturated rings. The van der Waals surface area contributed by atoms with E-state index in [1.807, 2.05) is 24.3 Å². The Morgan fingerprint density at radius 3 is 1.64 bits per heavy atom. The van der Waals surface area contributed by atoms with E-state index in [4.69, 9.17) is 9.47 Å². The van der Waals surface area contributed by atoms with Gasteiger partial charge >= 0.3 is 0 Å². The number of methoxy groups -OCH3 is 2. The summed E-state index contributed by atoms with van der Waals surface area (Å²) in [5.74, 6) is 1.87. The first-order valence-corrected chi connectivity index (χ1v) is 12.1. The van der Waals surface area contributed by atoms with Crippen molar-refractivity contribution in [2.75, 3.05) is 19.1 Å². The Labute approximate surface area is 212 Å². The third-order valence-electron chi connectivity index (χ3n) is 6.96. The van der Waals surface area contributed by atoms with E-state index in [2.05, 4.69) is 102 Å². The molecule has 36 heavy (non-hydrogen) atoms. The van der Waals surface area contributed by atoms with Gasteiger partial charge in [0.15, 0.2) is 0 Å². The van der Waals surface area contributed by atoms with E-state index in [-0.39, 0.29) is 5.92 Å². The second-order valence-electron chi connectivity index (χ2n) is 8.93. The van der Waals surface area contributed by atoms with E-state index in [9.17, 15) is 0 Å². The van der Waals surface area contributed by atoms with Gasteiger partial charge in [0.25, 0.3) is 0 Å². The van der Waals surface area contributed by atoms with Gasteiger partial charge < -0.3 is 14.4 Å². The molecule has 5 aromatic carbocycles. The normalized spacial score (nSPS) is 13.6. The minimum Gasteiger partial charge on any atom is -0.497 e. The van der Waals surface area contributed by atoms with Crippen LogP contribution in [0.1, 0.15) is 22.6 Å². The Kier molecular flexibility index (Phi) is 5.67. The first-order chi connectivity index (χ1) is 17.8. The molecule has 1 aliphatic carbocycles. The average molecular weight is 470 g/mol. The summed E-state index contributed by atoms with van der Waals surface area (Å²) in [5.41, 5.74) is 9.84. The number of fused-ring (bicyclic) bond motifs is 3. The quantitative estimate of drug-likeness (QED) is 0.245. The lowest BCUT2D eigenvalue weighted by Gasteiger charge is -2.27. The van der Waals surface area contributed by atoms with Gasteiger partial charge in [-0.25, -0.2) is 0 Å². The molecule has 0 heterocycles. The number of nitrogens with zero attached hydrogens (tertiary/aromatic N) is 1. The molecule has 0 N–H and O–H groups in total. The van der Waals surface area contributed by atoms with Crippen LogP contribution in [0, 0.1) is 0 Å². The fraction of sp³-hybridized carbons (Fsp3) is 0.0909. The van der Waals surface area contributed by atoms with Gasteiger partial charge in [0.05, 0.1) is 14.2 Å². The molecule has 5 aromatic rings. The highest BCUT2D eigenvalue weighted by Gasteiger charge is 2.30. The van der Waals surface area contributed by atoms with Gasteiger partial charge in [-0.2, -0.15) is 0 Å². The first-order valence-electron chi connectivity index (χ1n) is 12.1. The zero-order valence-corrected chi connectivity index (χ0v) is 20.4. The molecule has 0 aliphatic heterocycles. The fourth-order valence-corrected chi connectivity index (χ4v) is 5.25. The Balaban J connectivity index is 1.52. The predicted octanol–water partition coefficient (Wildman–Crippen LogP) is 8.33. The van der Waals surface area contributed by atoms with E-state index >= 15 is 0 Å². The second-order valence-corrected chi connectivity index (χ2v) is 8.93. The molecule has 0 amide bonds. The van der Waals surface area contributed by atoms with Crippen LogP contribution in [0.25, 0.3) is 11.1 Å². The van der Waals surface area contributed by atoms with E-state index in [1.165, 1.54) is 27.8 Å². The van der Waals surface area contributed by atoms with Crippen molar-refractivity contribution in [2.45, 2.75) is 5.92 Å². The molecule has 0 spiro atoms. The Morgan fingerprint density at radius 1 is 0.500 bits per heavy atom. The maximum atomic E-state index is 5.41. The largest absolute Gasteiger partial charge is 0.497 e. The van der Waals surface area contributed by atoms with Gasteiger partial charge in [-0.3, -0.25) is 0 Å². The van der Waals surface area contributed by atoms with Crippen LogP contribution in [0.4, 0.5) is 17.1 Å². The molecule has 176 valence electrons. The van der Waals surface area contributed by atoms with E-state index in [0.29, 0.717) is 0 Å². The topological polar surface area (TPSA) is 21.7 Å². The second kappa shape index (κ2) is 9.27. The Hall–Kier alpha value is -4.50. The van der Waals surface area contributed by atoms with Crippen LogP contribution in [0.3, 0.4) is 0 Å². The summed E-state index contributed by atoms with van der Waals surface area (Å²) in [7, 11) is 3.39. The van der Waals surface area contributed by atoms with Gasteiger partial charge in [-0.15, -0.1) is 0 Å². The van der Waals surface area contributed by atoms with Crippen molar-refractivity contribution in [1.82, 2.24) is 0 Å². The molecule has 0 saturated carbocycles. The number of benzene rings is 5. The van der Waals surface area contributed by atoms with E-state index in [0.717, 1.165) is 28.6 Å². The third kappa shape index (κ3) is 3.79. The molecular formula is C33H27NO2. The standard InChI is InChI=1S/C33H27NO2/c1-35-27-17-12-24(13-18-27)34(25-14-19-28(36-2)20-15-25)26-16-21-30-29-10-6-7-11-31(29)33(32(30)22-26)23-8-4-3-5-9-23/h3-22,33H,1-2H3. The zero-order chi connectivity index (χ0) is 24.5. The van der Waals surface area contributed by atoms with Crippen LogP contribution < -0.4 is 14.4 Å². The SMILES string of the molecule is COc1ccc(N(c2ccc(OC)cc2)c2ccc3c(c2)C(c2ccccc2)c2ccccc2-3)cc1. The highest BCUT2D eigenvalue weighted by molar-refractivity contribution is 5.85. The fourth-order valence-electron chi connectivity index (χ4n) is 5.25. The van der Waals surface area contributed by atoms with Crippen molar-refractivity contribution in [1.29, 1.82) is 0 Å². The average Bonchev–Trinajstić information content (AvgIpc) is 3.28. The lowest BCUT2D eigenvalue weighted by atomic mass is 9.89.